The molecule has 1 aromatic carbocycles. The molecule has 0 amide bonds. The first-order chi connectivity index (χ1) is 11.4. The molecule has 2 atom stereocenters. The van der Waals surface area contributed by atoms with E-state index in [2.05, 4.69) is 22.1 Å². The lowest BCUT2D eigenvalue weighted by Crippen LogP contribution is -2.46. The standard InChI is InChI=1S/C19H24N2O3/c1-3-4-7-10-19(2,24)13-21-17(18(22)23)11-14-12-20-16-9-6-5-8-15(14)16/h5-6,8-9,12,17,20-21,24H,3-4,11,13H2,1-2H3,(H,22,23)/t17-,19+/m1/s1. The van der Waals surface area contributed by atoms with Crippen LogP contribution in [0.2, 0.25) is 0 Å². The van der Waals surface area contributed by atoms with E-state index < -0.39 is 17.6 Å². The van der Waals surface area contributed by atoms with Crippen LogP contribution in [0.25, 0.3) is 10.9 Å². The van der Waals surface area contributed by atoms with E-state index in [0.29, 0.717) is 12.8 Å². The molecule has 5 nitrogen and oxygen atoms in total. The molecule has 24 heavy (non-hydrogen) atoms. The number of rotatable bonds is 7. The number of aliphatic hydroxyl groups is 1. The zero-order chi connectivity index (χ0) is 17.6. The molecule has 1 aromatic heterocycles. The van der Waals surface area contributed by atoms with Crippen LogP contribution in [-0.4, -0.2) is 39.4 Å². The van der Waals surface area contributed by atoms with Crippen molar-refractivity contribution in [3.8, 4) is 11.8 Å². The van der Waals surface area contributed by atoms with Crippen LogP contribution in [0.3, 0.4) is 0 Å². The Labute approximate surface area is 142 Å². The van der Waals surface area contributed by atoms with Gasteiger partial charge in [-0.3, -0.25) is 4.79 Å². The van der Waals surface area contributed by atoms with E-state index in [1.165, 1.54) is 0 Å². The molecule has 0 fully saturated rings. The fourth-order valence-electron chi connectivity index (χ4n) is 2.51. The maximum atomic E-state index is 11.5. The van der Waals surface area contributed by atoms with Gasteiger partial charge in [-0.15, -0.1) is 5.92 Å². The fraction of sp³-hybridized carbons (Fsp3) is 0.421. The summed E-state index contributed by atoms with van der Waals surface area (Å²) in [6, 6.07) is 6.99. The molecular formula is C19H24N2O3. The number of nitrogens with one attached hydrogen (secondary N) is 2. The molecule has 2 rings (SSSR count). The maximum absolute atomic E-state index is 11.5. The molecule has 0 saturated heterocycles. The van der Waals surface area contributed by atoms with Crippen molar-refractivity contribution in [2.24, 2.45) is 0 Å². The molecule has 128 valence electrons. The summed E-state index contributed by atoms with van der Waals surface area (Å²) in [6.07, 6.45) is 3.81. The zero-order valence-corrected chi connectivity index (χ0v) is 14.1. The molecule has 4 N–H and O–H groups in total. The van der Waals surface area contributed by atoms with Crippen molar-refractivity contribution >= 4 is 16.9 Å². The zero-order valence-electron chi connectivity index (χ0n) is 14.1. The minimum Gasteiger partial charge on any atom is -0.480 e. The van der Waals surface area contributed by atoms with Gasteiger partial charge in [-0.25, -0.2) is 0 Å². The smallest absolute Gasteiger partial charge is 0.321 e. The number of aromatic nitrogens is 1. The van der Waals surface area contributed by atoms with Crippen LogP contribution in [0, 0.1) is 11.8 Å². The van der Waals surface area contributed by atoms with Gasteiger partial charge >= 0.3 is 5.97 Å². The Morgan fingerprint density at radius 3 is 2.88 bits per heavy atom. The molecule has 0 bridgehead atoms. The number of H-pyrrole nitrogens is 1. The largest absolute Gasteiger partial charge is 0.480 e. The van der Waals surface area contributed by atoms with Crippen molar-refractivity contribution in [1.82, 2.24) is 10.3 Å². The summed E-state index contributed by atoms with van der Waals surface area (Å²) >= 11 is 0. The summed E-state index contributed by atoms with van der Waals surface area (Å²) in [4.78, 5) is 14.7. The monoisotopic (exact) mass is 328 g/mol. The van der Waals surface area contributed by atoms with Gasteiger partial charge in [-0.05, 0) is 25.0 Å². The average molecular weight is 328 g/mol. The highest BCUT2D eigenvalue weighted by Gasteiger charge is 2.24. The highest BCUT2D eigenvalue weighted by molar-refractivity contribution is 5.84. The number of aliphatic carboxylic acids is 1. The Bertz CT molecular complexity index is 753. The lowest BCUT2D eigenvalue weighted by Gasteiger charge is -2.21. The number of unbranched alkanes of at least 4 members (excludes halogenated alkanes) is 1. The summed E-state index contributed by atoms with van der Waals surface area (Å²) < 4.78 is 0. The van der Waals surface area contributed by atoms with Crippen LogP contribution < -0.4 is 5.32 Å². The van der Waals surface area contributed by atoms with Gasteiger partial charge in [0, 0.05) is 36.5 Å². The molecule has 0 radical (unpaired) electrons. The average Bonchev–Trinajstić information content (AvgIpc) is 2.94. The predicted molar refractivity (Wildman–Crippen MR) is 94.7 cm³/mol. The number of carboxylic acids is 1. The van der Waals surface area contributed by atoms with E-state index in [0.717, 1.165) is 22.9 Å². The summed E-state index contributed by atoms with van der Waals surface area (Å²) in [5.74, 6) is 4.75. The number of para-hydroxylation sites is 1. The minimum atomic E-state index is -1.25. The summed E-state index contributed by atoms with van der Waals surface area (Å²) in [6.45, 7) is 3.71. The minimum absolute atomic E-state index is 0.100. The maximum Gasteiger partial charge on any atom is 0.321 e. The van der Waals surface area contributed by atoms with E-state index in [1.54, 1.807) is 6.92 Å². The molecule has 0 aliphatic heterocycles. The van der Waals surface area contributed by atoms with Crippen molar-refractivity contribution in [2.75, 3.05) is 6.54 Å². The van der Waals surface area contributed by atoms with Gasteiger partial charge in [0.2, 0.25) is 0 Å². The number of carbonyl (C=O) groups is 1. The molecule has 0 spiro atoms. The van der Waals surface area contributed by atoms with E-state index in [1.807, 2.05) is 37.4 Å². The number of hydrogen-bond donors (Lipinski definition) is 4. The van der Waals surface area contributed by atoms with Gasteiger partial charge in [0.1, 0.15) is 11.6 Å². The first-order valence-corrected chi connectivity index (χ1v) is 8.16. The Morgan fingerprint density at radius 1 is 1.42 bits per heavy atom. The molecular weight excluding hydrogens is 304 g/mol. The van der Waals surface area contributed by atoms with Gasteiger partial charge in [0.25, 0.3) is 0 Å². The second-order valence-electron chi connectivity index (χ2n) is 6.16. The van der Waals surface area contributed by atoms with E-state index in [4.69, 9.17) is 0 Å². The lowest BCUT2D eigenvalue weighted by atomic mass is 10.0. The van der Waals surface area contributed by atoms with Crippen LogP contribution in [0.5, 0.6) is 0 Å². The third kappa shape index (κ3) is 4.85. The quantitative estimate of drug-likeness (QED) is 0.588. The molecule has 0 aliphatic carbocycles. The van der Waals surface area contributed by atoms with Crippen molar-refractivity contribution in [2.45, 2.75) is 44.8 Å². The number of carboxylic acid groups (broad SMARTS) is 1. The van der Waals surface area contributed by atoms with Crippen molar-refractivity contribution < 1.29 is 15.0 Å². The van der Waals surface area contributed by atoms with E-state index in [-0.39, 0.29) is 6.54 Å². The van der Waals surface area contributed by atoms with Crippen LogP contribution in [0.15, 0.2) is 30.5 Å². The Balaban J connectivity index is 2.05. The lowest BCUT2D eigenvalue weighted by molar-refractivity contribution is -0.139. The van der Waals surface area contributed by atoms with Gasteiger partial charge in [-0.2, -0.15) is 0 Å². The topological polar surface area (TPSA) is 85.4 Å². The molecule has 1 heterocycles. The van der Waals surface area contributed by atoms with Crippen LogP contribution in [0.1, 0.15) is 32.3 Å². The van der Waals surface area contributed by atoms with Crippen LogP contribution in [0.4, 0.5) is 0 Å². The third-order valence-corrected chi connectivity index (χ3v) is 3.82. The van der Waals surface area contributed by atoms with Crippen molar-refractivity contribution in [3.05, 3.63) is 36.0 Å². The second-order valence-corrected chi connectivity index (χ2v) is 6.16. The fourth-order valence-corrected chi connectivity index (χ4v) is 2.51. The van der Waals surface area contributed by atoms with Gasteiger partial charge in [0.15, 0.2) is 0 Å². The van der Waals surface area contributed by atoms with Crippen molar-refractivity contribution in [3.63, 3.8) is 0 Å². The summed E-state index contributed by atoms with van der Waals surface area (Å²) in [5.41, 5.74) is 0.666. The SMILES string of the molecule is CCCC#C[C@](C)(O)CN[C@H](Cc1c[nH]c2ccccc12)C(=O)O. The molecule has 2 aromatic rings. The number of hydrogen-bond acceptors (Lipinski definition) is 3. The molecule has 0 unspecified atom stereocenters. The molecule has 5 heteroatoms. The predicted octanol–water partition coefficient (Wildman–Crippen LogP) is 2.31. The molecule has 0 saturated carbocycles. The Morgan fingerprint density at radius 2 is 2.17 bits per heavy atom. The van der Waals surface area contributed by atoms with Gasteiger partial charge in [-0.1, -0.05) is 31.0 Å². The van der Waals surface area contributed by atoms with E-state index >= 15 is 0 Å². The van der Waals surface area contributed by atoms with Crippen molar-refractivity contribution in [1.29, 1.82) is 0 Å². The Hall–Kier alpha value is -2.29. The summed E-state index contributed by atoms with van der Waals surface area (Å²) in [7, 11) is 0. The first-order valence-electron chi connectivity index (χ1n) is 8.16. The second kappa shape index (κ2) is 8.00. The Kier molecular flexibility index (Phi) is 6.02. The van der Waals surface area contributed by atoms with Gasteiger partial charge in [0.05, 0.1) is 0 Å². The number of benzene rings is 1. The highest BCUT2D eigenvalue weighted by Crippen LogP contribution is 2.19. The normalized spacial score (nSPS) is 14.6. The first kappa shape index (κ1) is 18.1. The summed E-state index contributed by atoms with van der Waals surface area (Å²) in [5, 5.41) is 23.6. The van der Waals surface area contributed by atoms with E-state index in [9.17, 15) is 15.0 Å². The molecule has 0 aliphatic rings. The third-order valence-electron chi connectivity index (χ3n) is 3.82. The van der Waals surface area contributed by atoms with Crippen LogP contribution in [-0.2, 0) is 11.2 Å². The number of aromatic amines is 1. The highest BCUT2D eigenvalue weighted by atomic mass is 16.4. The van der Waals surface area contributed by atoms with Crippen LogP contribution >= 0.6 is 0 Å². The van der Waals surface area contributed by atoms with Gasteiger partial charge < -0.3 is 20.5 Å². The number of fused-ring (bicyclic) bond motifs is 1.